The minimum Gasteiger partial charge on any atom is -0.482 e. The Balaban J connectivity index is 1.56. The normalized spacial score (nSPS) is 12.3. The number of halogens is 2. The van der Waals surface area contributed by atoms with Crippen LogP contribution in [0.25, 0.3) is 0 Å². The van der Waals surface area contributed by atoms with E-state index in [4.69, 9.17) is 16.3 Å². The number of carbonyl (C=O) groups is 3. The van der Waals surface area contributed by atoms with Crippen LogP contribution in [0.1, 0.15) is 20.7 Å². The number of ether oxygens (including phenoxy) is 1. The van der Waals surface area contributed by atoms with Crippen LogP contribution >= 0.6 is 11.6 Å². The van der Waals surface area contributed by atoms with Crippen molar-refractivity contribution in [3.63, 3.8) is 0 Å². The summed E-state index contributed by atoms with van der Waals surface area (Å²) in [4.78, 5) is 36.9. The first-order chi connectivity index (χ1) is 14.9. The lowest BCUT2D eigenvalue weighted by Crippen LogP contribution is -2.25. The van der Waals surface area contributed by atoms with Gasteiger partial charge in [0.2, 0.25) is 0 Å². The largest absolute Gasteiger partial charge is 0.482 e. The van der Waals surface area contributed by atoms with Crippen molar-refractivity contribution in [1.82, 2.24) is 0 Å². The Kier molecular flexibility index (Phi) is 5.55. The molecule has 3 N–H and O–H groups in total. The molecule has 0 saturated heterocycles. The summed E-state index contributed by atoms with van der Waals surface area (Å²) in [6, 6.07) is 14.3. The van der Waals surface area contributed by atoms with E-state index in [0.717, 1.165) is 0 Å². The Hall–Kier alpha value is -3.91. The first kappa shape index (κ1) is 20.4. The third-order valence-electron chi connectivity index (χ3n) is 4.45. The molecular weight excluding hydrogens is 425 g/mol. The van der Waals surface area contributed by atoms with Crippen LogP contribution in [0.3, 0.4) is 0 Å². The van der Waals surface area contributed by atoms with Crippen LogP contribution < -0.4 is 20.7 Å². The smallest absolute Gasteiger partial charge is 0.262 e. The zero-order valence-electron chi connectivity index (χ0n) is 15.9. The molecule has 3 amide bonds. The highest BCUT2D eigenvalue weighted by Crippen LogP contribution is 2.31. The van der Waals surface area contributed by atoms with Gasteiger partial charge in [0.05, 0.1) is 16.9 Å². The molecule has 1 aliphatic rings. The van der Waals surface area contributed by atoms with Crippen molar-refractivity contribution < 1.29 is 23.5 Å². The van der Waals surface area contributed by atoms with E-state index in [2.05, 4.69) is 16.0 Å². The summed E-state index contributed by atoms with van der Waals surface area (Å²) in [6.07, 6.45) is 0. The van der Waals surface area contributed by atoms with Gasteiger partial charge in [0.15, 0.2) is 6.61 Å². The minimum atomic E-state index is -0.523. The summed E-state index contributed by atoms with van der Waals surface area (Å²) >= 11 is 6.04. The van der Waals surface area contributed by atoms with E-state index < -0.39 is 17.6 Å². The van der Waals surface area contributed by atoms with Crippen molar-refractivity contribution in [2.75, 3.05) is 22.6 Å². The molecule has 7 nitrogen and oxygen atoms in total. The molecule has 0 radical (unpaired) electrons. The quantitative estimate of drug-likeness (QED) is 0.564. The summed E-state index contributed by atoms with van der Waals surface area (Å²) in [5.74, 6) is -1.29. The number of anilines is 3. The van der Waals surface area contributed by atoms with Crippen LogP contribution in [0.5, 0.6) is 5.75 Å². The molecule has 0 aromatic heterocycles. The molecular formula is C22H15ClFN3O4. The average Bonchev–Trinajstić information content (AvgIpc) is 2.74. The van der Waals surface area contributed by atoms with E-state index in [1.807, 2.05) is 0 Å². The Morgan fingerprint density at radius 3 is 2.52 bits per heavy atom. The third kappa shape index (κ3) is 4.65. The van der Waals surface area contributed by atoms with Crippen LogP contribution in [0.4, 0.5) is 21.5 Å². The molecule has 31 heavy (non-hydrogen) atoms. The van der Waals surface area contributed by atoms with Gasteiger partial charge < -0.3 is 20.7 Å². The van der Waals surface area contributed by atoms with Gasteiger partial charge in [-0.3, -0.25) is 14.4 Å². The fraction of sp³-hybridized carbons (Fsp3) is 0.0455. The maximum atomic E-state index is 13.1. The molecule has 0 atom stereocenters. The monoisotopic (exact) mass is 439 g/mol. The number of hydrogen-bond acceptors (Lipinski definition) is 4. The molecule has 0 fully saturated rings. The highest BCUT2D eigenvalue weighted by atomic mass is 35.5. The summed E-state index contributed by atoms with van der Waals surface area (Å²) in [5.41, 5.74) is 1.43. The summed E-state index contributed by atoms with van der Waals surface area (Å²) in [6.45, 7) is -0.0689. The van der Waals surface area contributed by atoms with Gasteiger partial charge >= 0.3 is 0 Å². The molecule has 0 unspecified atom stereocenters. The SMILES string of the molecule is O=C1COc2ccc(NC(=O)c3ccc(Cl)cc3NC(=O)c3ccc(F)cc3)cc2N1. The van der Waals surface area contributed by atoms with Gasteiger partial charge in [-0.25, -0.2) is 4.39 Å². The van der Waals surface area contributed by atoms with Crippen LogP contribution in [0.15, 0.2) is 60.7 Å². The van der Waals surface area contributed by atoms with E-state index in [0.29, 0.717) is 22.1 Å². The van der Waals surface area contributed by atoms with Crippen molar-refractivity contribution in [3.05, 3.63) is 82.6 Å². The molecule has 0 bridgehead atoms. The zero-order chi connectivity index (χ0) is 22.0. The number of hydrogen-bond donors (Lipinski definition) is 3. The Bertz CT molecular complexity index is 1200. The topological polar surface area (TPSA) is 96.5 Å². The second-order valence-corrected chi connectivity index (χ2v) is 7.09. The van der Waals surface area contributed by atoms with E-state index in [-0.39, 0.29) is 29.3 Å². The van der Waals surface area contributed by atoms with E-state index in [1.54, 1.807) is 18.2 Å². The summed E-state index contributed by atoms with van der Waals surface area (Å²) < 4.78 is 18.4. The molecule has 1 aliphatic heterocycles. The number of fused-ring (bicyclic) bond motifs is 1. The number of benzene rings is 3. The van der Waals surface area contributed by atoms with Gasteiger partial charge in [0.25, 0.3) is 17.7 Å². The lowest BCUT2D eigenvalue weighted by Gasteiger charge is -2.19. The van der Waals surface area contributed by atoms with Crippen molar-refractivity contribution in [1.29, 1.82) is 0 Å². The van der Waals surface area contributed by atoms with E-state index in [1.165, 1.54) is 42.5 Å². The molecule has 3 aromatic carbocycles. The van der Waals surface area contributed by atoms with Gasteiger partial charge in [-0.15, -0.1) is 0 Å². The predicted molar refractivity (Wildman–Crippen MR) is 114 cm³/mol. The third-order valence-corrected chi connectivity index (χ3v) is 4.69. The standard InChI is InChI=1S/C22H15ClFN3O4/c23-13-3-7-16(17(9-13)27-21(29)12-1-4-14(24)5-2-12)22(30)25-15-6-8-19-18(10-15)26-20(28)11-31-19/h1-10H,11H2,(H,25,30)(H,26,28)(H,27,29). The second kappa shape index (κ2) is 8.45. The molecule has 3 aromatic rings. The maximum Gasteiger partial charge on any atom is 0.262 e. The molecule has 4 rings (SSSR count). The van der Waals surface area contributed by atoms with Crippen molar-refractivity contribution in [3.8, 4) is 5.75 Å². The van der Waals surface area contributed by atoms with Crippen LogP contribution in [0, 0.1) is 5.82 Å². The number of carbonyl (C=O) groups excluding carboxylic acids is 3. The Morgan fingerprint density at radius 2 is 1.74 bits per heavy atom. The minimum absolute atomic E-state index is 0.0689. The second-order valence-electron chi connectivity index (χ2n) is 6.65. The maximum absolute atomic E-state index is 13.1. The highest BCUT2D eigenvalue weighted by molar-refractivity contribution is 6.31. The molecule has 9 heteroatoms. The molecule has 1 heterocycles. The summed E-state index contributed by atoms with van der Waals surface area (Å²) in [5, 5.41) is 8.32. The van der Waals surface area contributed by atoms with E-state index >= 15 is 0 Å². The number of amides is 3. The Labute approximate surface area is 181 Å². The van der Waals surface area contributed by atoms with Crippen molar-refractivity contribution in [2.45, 2.75) is 0 Å². The van der Waals surface area contributed by atoms with E-state index in [9.17, 15) is 18.8 Å². The molecule has 0 saturated carbocycles. The number of nitrogens with one attached hydrogen (secondary N) is 3. The predicted octanol–water partition coefficient (Wildman–Crippen LogP) is 4.31. The van der Waals surface area contributed by atoms with Gasteiger partial charge in [-0.05, 0) is 60.7 Å². The Morgan fingerprint density at radius 1 is 0.968 bits per heavy atom. The fourth-order valence-electron chi connectivity index (χ4n) is 2.97. The van der Waals surface area contributed by atoms with Crippen LogP contribution in [-0.4, -0.2) is 24.3 Å². The molecule has 0 aliphatic carbocycles. The van der Waals surface area contributed by atoms with Crippen LogP contribution in [0.2, 0.25) is 5.02 Å². The van der Waals surface area contributed by atoms with Crippen LogP contribution in [-0.2, 0) is 4.79 Å². The fourth-order valence-corrected chi connectivity index (χ4v) is 3.15. The summed E-state index contributed by atoms with van der Waals surface area (Å²) in [7, 11) is 0. The van der Waals surface area contributed by atoms with Gasteiger partial charge in [0.1, 0.15) is 11.6 Å². The lowest BCUT2D eigenvalue weighted by atomic mass is 10.1. The van der Waals surface area contributed by atoms with Gasteiger partial charge in [-0.1, -0.05) is 11.6 Å². The van der Waals surface area contributed by atoms with Gasteiger partial charge in [0, 0.05) is 16.3 Å². The first-order valence-corrected chi connectivity index (χ1v) is 9.51. The van der Waals surface area contributed by atoms with Crippen molar-refractivity contribution >= 4 is 46.4 Å². The van der Waals surface area contributed by atoms with Crippen molar-refractivity contribution in [2.24, 2.45) is 0 Å². The molecule has 0 spiro atoms. The number of rotatable bonds is 4. The first-order valence-electron chi connectivity index (χ1n) is 9.13. The van der Waals surface area contributed by atoms with Gasteiger partial charge in [-0.2, -0.15) is 0 Å². The average molecular weight is 440 g/mol. The lowest BCUT2D eigenvalue weighted by molar-refractivity contribution is -0.118. The highest BCUT2D eigenvalue weighted by Gasteiger charge is 2.19. The molecule has 156 valence electrons. The zero-order valence-corrected chi connectivity index (χ0v) is 16.6.